The van der Waals surface area contributed by atoms with Crippen LogP contribution in [-0.2, 0) is 9.53 Å². The summed E-state index contributed by atoms with van der Waals surface area (Å²) in [6.07, 6.45) is 38.5. The van der Waals surface area contributed by atoms with Crippen LogP contribution in [0, 0.1) is 0 Å². The van der Waals surface area contributed by atoms with Crippen molar-refractivity contribution in [3.05, 3.63) is 0 Å². The van der Waals surface area contributed by atoms with E-state index in [0.29, 0.717) is 13.0 Å². The topological polar surface area (TPSA) is 78.8 Å². The molecule has 0 unspecified atom stereocenters. The van der Waals surface area contributed by atoms with Crippen LogP contribution in [0.4, 0.5) is 0 Å². The van der Waals surface area contributed by atoms with Gasteiger partial charge in [-0.1, -0.05) is 187 Å². The average molecular weight is 612 g/mol. The predicted octanol–water partition coefficient (Wildman–Crippen LogP) is 10.6. The fourth-order valence-corrected chi connectivity index (χ4v) is 5.94. The van der Waals surface area contributed by atoms with Crippen molar-refractivity contribution in [2.24, 2.45) is 0 Å². The molecule has 43 heavy (non-hydrogen) atoms. The molecule has 0 heterocycles. The second-order valence-electron chi connectivity index (χ2n) is 13.5. The fourth-order valence-electron chi connectivity index (χ4n) is 5.94. The third-order valence-corrected chi connectivity index (χ3v) is 9.04. The van der Waals surface area contributed by atoms with Gasteiger partial charge in [-0.15, -0.1) is 0 Å². The number of aliphatic hydroxyl groups is 2. The van der Waals surface area contributed by atoms with Gasteiger partial charge in [-0.05, 0) is 12.8 Å². The van der Waals surface area contributed by atoms with E-state index in [1.165, 1.54) is 161 Å². The van der Waals surface area contributed by atoms with E-state index < -0.39 is 5.54 Å². The Bertz CT molecular complexity index is 552. The van der Waals surface area contributed by atoms with Gasteiger partial charge in [0.2, 0.25) is 5.91 Å². The van der Waals surface area contributed by atoms with Gasteiger partial charge in [-0.2, -0.15) is 0 Å². The number of ether oxygens (including phenoxy) is 1. The molecule has 0 spiro atoms. The Balaban J connectivity index is 3.62. The van der Waals surface area contributed by atoms with Crippen LogP contribution in [0.1, 0.15) is 206 Å². The minimum atomic E-state index is -1.08. The van der Waals surface area contributed by atoms with Crippen LogP contribution < -0.4 is 5.32 Å². The first-order valence-corrected chi connectivity index (χ1v) is 19.2. The maximum absolute atomic E-state index is 12.5. The summed E-state index contributed by atoms with van der Waals surface area (Å²) in [6, 6.07) is 0. The zero-order valence-electron chi connectivity index (χ0n) is 29.3. The maximum Gasteiger partial charge on any atom is 0.220 e. The molecule has 0 radical (unpaired) electrons. The van der Waals surface area contributed by atoms with Gasteiger partial charge in [0, 0.05) is 13.0 Å². The highest BCUT2D eigenvalue weighted by molar-refractivity contribution is 5.76. The number of nitrogens with one attached hydrogen (secondary N) is 1. The standard InChI is InChI=1S/C38H77NO4/c1-3-5-7-9-11-13-15-17-18-19-21-23-25-27-29-31-33-43-36-38(34-40,35-41)39-37(42)32-30-28-26-24-22-20-16-14-12-10-8-6-4-2/h40-41H,3-36H2,1-2H3,(H,39,42). The molecule has 5 heteroatoms. The number of aliphatic hydroxyl groups excluding tert-OH is 2. The molecule has 3 N–H and O–H groups in total. The van der Waals surface area contributed by atoms with Gasteiger partial charge in [0.05, 0.1) is 19.8 Å². The lowest BCUT2D eigenvalue weighted by Crippen LogP contribution is -2.57. The van der Waals surface area contributed by atoms with E-state index in [0.717, 1.165) is 25.7 Å². The summed E-state index contributed by atoms with van der Waals surface area (Å²) in [4.78, 5) is 12.5. The van der Waals surface area contributed by atoms with Crippen molar-refractivity contribution in [3.8, 4) is 0 Å². The fraction of sp³-hybridized carbons (Fsp3) is 0.974. The summed E-state index contributed by atoms with van der Waals surface area (Å²) in [6.45, 7) is 4.68. The summed E-state index contributed by atoms with van der Waals surface area (Å²) in [7, 11) is 0. The normalized spacial score (nSPS) is 11.8. The van der Waals surface area contributed by atoms with Gasteiger partial charge >= 0.3 is 0 Å². The van der Waals surface area contributed by atoms with E-state index in [9.17, 15) is 15.0 Å². The Morgan fingerprint density at radius 3 is 1.12 bits per heavy atom. The molecule has 0 aromatic rings. The van der Waals surface area contributed by atoms with Crippen LogP contribution in [0.3, 0.4) is 0 Å². The summed E-state index contributed by atoms with van der Waals surface area (Å²) < 4.78 is 5.79. The van der Waals surface area contributed by atoms with Crippen molar-refractivity contribution in [1.29, 1.82) is 0 Å². The van der Waals surface area contributed by atoms with Crippen LogP contribution >= 0.6 is 0 Å². The maximum atomic E-state index is 12.5. The van der Waals surface area contributed by atoms with Crippen molar-refractivity contribution in [3.63, 3.8) is 0 Å². The number of hydrogen-bond donors (Lipinski definition) is 3. The van der Waals surface area contributed by atoms with Gasteiger partial charge in [-0.25, -0.2) is 0 Å². The number of rotatable bonds is 36. The van der Waals surface area contributed by atoms with Crippen molar-refractivity contribution < 1.29 is 19.7 Å². The predicted molar refractivity (Wildman–Crippen MR) is 186 cm³/mol. The van der Waals surface area contributed by atoms with Gasteiger partial charge < -0.3 is 20.3 Å². The Morgan fingerprint density at radius 1 is 0.488 bits per heavy atom. The molecule has 0 aromatic heterocycles. The Hall–Kier alpha value is -0.650. The quantitative estimate of drug-likeness (QED) is 0.0616. The first kappa shape index (κ1) is 42.3. The third-order valence-electron chi connectivity index (χ3n) is 9.04. The summed E-state index contributed by atoms with van der Waals surface area (Å²) in [5.41, 5.74) is -1.08. The van der Waals surface area contributed by atoms with Crippen LogP contribution in [0.25, 0.3) is 0 Å². The van der Waals surface area contributed by atoms with E-state index in [2.05, 4.69) is 19.2 Å². The molecule has 258 valence electrons. The Morgan fingerprint density at radius 2 is 0.791 bits per heavy atom. The smallest absolute Gasteiger partial charge is 0.220 e. The zero-order valence-corrected chi connectivity index (χ0v) is 29.3. The van der Waals surface area contributed by atoms with Crippen molar-refractivity contribution >= 4 is 5.91 Å². The van der Waals surface area contributed by atoms with E-state index in [-0.39, 0.29) is 25.7 Å². The van der Waals surface area contributed by atoms with Gasteiger partial charge in [0.1, 0.15) is 5.54 Å². The Kier molecular flexibility index (Phi) is 33.7. The molecule has 0 aliphatic rings. The molecule has 0 bridgehead atoms. The van der Waals surface area contributed by atoms with E-state index in [1.807, 2.05) is 0 Å². The van der Waals surface area contributed by atoms with Gasteiger partial charge in [-0.3, -0.25) is 4.79 Å². The van der Waals surface area contributed by atoms with Gasteiger partial charge in [0.15, 0.2) is 0 Å². The van der Waals surface area contributed by atoms with E-state index in [4.69, 9.17) is 4.74 Å². The Labute approximate surface area is 269 Å². The summed E-state index contributed by atoms with van der Waals surface area (Å²) in [5.74, 6) is -0.0998. The summed E-state index contributed by atoms with van der Waals surface area (Å²) in [5, 5.41) is 22.7. The second kappa shape index (κ2) is 34.2. The SMILES string of the molecule is CCCCCCCCCCCCCCCCCCOCC(CO)(CO)NC(=O)CCCCCCCCCCCCCCC. The number of amides is 1. The highest BCUT2D eigenvalue weighted by Gasteiger charge is 2.30. The molecule has 0 atom stereocenters. The van der Waals surface area contributed by atoms with Crippen molar-refractivity contribution in [1.82, 2.24) is 5.32 Å². The lowest BCUT2D eigenvalue weighted by Gasteiger charge is -2.30. The molecule has 0 fully saturated rings. The molecule has 0 rings (SSSR count). The molecular formula is C38H77NO4. The lowest BCUT2D eigenvalue weighted by atomic mass is 10.0. The highest BCUT2D eigenvalue weighted by atomic mass is 16.5. The molecule has 0 saturated heterocycles. The van der Waals surface area contributed by atoms with Crippen LogP contribution in [-0.4, -0.2) is 48.1 Å². The minimum Gasteiger partial charge on any atom is -0.394 e. The molecule has 1 amide bonds. The summed E-state index contributed by atoms with van der Waals surface area (Å²) >= 11 is 0. The van der Waals surface area contributed by atoms with Crippen LogP contribution in [0.15, 0.2) is 0 Å². The zero-order chi connectivity index (χ0) is 31.5. The van der Waals surface area contributed by atoms with Crippen molar-refractivity contribution in [2.75, 3.05) is 26.4 Å². The number of carbonyl (C=O) groups excluding carboxylic acids is 1. The van der Waals surface area contributed by atoms with E-state index in [1.54, 1.807) is 0 Å². The number of hydrogen-bond acceptors (Lipinski definition) is 4. The average Bonchev–Trinajstić information content (AvgIpc) is 3.02. The number of carbonyl (C=O) groups is 1. The first-order valence-electron chi connectivity index (χ1n) is 19.2. The molecule has 0 aliphatic heterocycles. The largest absolute Gasteiger partial charge is 0.394 e. The van der Waals surface area contributed by atoms with Gasteiger partial charge in [0.25, 0.3) is 0 Å². The first-order chi connectivity index (χ1) is 21.1. The lowest BCUT2D eigenvalue weighted by molar-refractivity contribution is -0.126. The second-order valence-corrected chi connectivity index (χ2v) is 13.5. The minimum absolute atomic E-state index is 0.0998. The molecule has 0 aliphatic carbocycles. The molecule has 5 nitrogen and oxygen atoms in total. The highest BCUT2D eigenvalue weighted by Crippen LogP contribution is 2.15. The van der Waals surface area contributed by atoms with E-state index >= 15 is 0 Å². The molecule has 0 saturated carbocycles. The van der Waals surface area contributed by atoms with Crippen molar-refractivity contribution in [2.45, 2.75) is 212 Å². The third kappa shape index (κ3) is 29.8. The molecule has 0 aromatic carbocycles. The number of unbranched alkanes of at least 4 members (excludes halogenated alkanes) is 27. The van der Waals surface area contributed by atoms with Crippen LogP contribution in [0.2, 0.25) is 0 Å². The van der Waals surface area contributed by atoms with Crippen LogP contribution in [0.5, 0.6) is 0 Å². The monoisotopic (exact) mass is 612 g/mol. The molecular weight excluding hydrogens is 534 g/mol.